The van der Waals surface area contributed by atoms with Crippen LogP contribution in [-0.2, 0) is 14.3 Å². The molecule has 0 aromatic carbocycles. The van der Waals surface area contributed by atoms with Gasteiger partial charge in [0.2, 0.25) is 0 Å². The summed E-state index contributed by atoms with van der Waals surface area (Å²) in [5, 5.41) is 0. The highest BCUT2D eigenvalue weighted by atomic mass is 16.5. The fourth-order valence-corrected chi connectivity index (χ4v) is 0.853. The number of carbonyl (C=O) groups is 1. The minimum absolute atomic E-state index is 0.0562. The van der Waals surface area contributed by atoms with Crippen molar-refractivity contribution in [2.24, 2.45) is 5.92 Å². The summed E-state index contributed by atoms with van der Waals surface area (Å²) in [5.41, 5.74) is 0.496. The van der Waals surface area contributed by atoms with Crippen molar-refractivity contribution in [3.63, 3.8) is 0 Å². The molecule has 0 aromatic rings. The molecule has 0 amide bonds. The van der Waals surface area contributed by atoms with Crippen molar-refractivity contribution in [3.8, 4) is 0 Å². The van der Waals surface area contributed by atoms with Gasteiger partial charge in [-0.2, -0.15) is 0 Å². The first-order chi connectivity index (χ1) is 6.67. The third kappa shape index (κ3) is 4.12. The summed E-state index contributed by atoms with van der Waals surface area (Å²) in [6.45, 7) is 8.09. The van der Waals surface area contributed by atoms with E-state index in [4.69, 9.17) is 4.74 Å². The fraction of sp³-hybridized carbons (Fsp3) is 0.545. The molecule has 0 radical (unpaired) electrons. The van der Waals surface area contributed by atoms with Gasteiger partial charge in [-0.3, -0.25) is 0 Å². The van der Waals surface area contributed by atoms with Gasteiger partial charge < -0.3 is 9.47 Å². The number of ether oxygens (including phenoxy) is 2. The summed E-state index contributed by atoms with van der Waals surface area (Å²) in [4.78, 5) is 11.3. The Bertz CT molecular complexity index is 219. The number of hydrogen-bond acceptors (Lipinski definition) is 3. The standard InChI is InChI=1S/C11H18O3/c1-5-7-14-8-10(9(3)6-2)11(12)13-4/h6,8-9H,2,5,7H2,1,3-4H3/b10-8-/t9-/m1/s1. The second-order valence-corrected chi connectivity index (χ2v) is 2.96. The molecule has 0 aliphatic carbocycles. The number of hydrogen-bond donors (Lipinski definition) is 0. The van der Waals surface area contributed by atoms with E-state index in [9.17, 15) is 4.79 Å². The van der Waals surface area contributed by atoms with E-state index >= 15 is 0 Å². The van der Waals surface area contributed by atoms with Crippen LogP contribution < -0.4 is 0 Å². The fourth-order valence-electron chi connectivity index (χ4n) is 0.853. The highest BCUT2D eigenvalue weighted by Gasteiger charge is 2.15. The highest BCUT2D eigenvalue weighted by molar-refractivity contribution is 5.88. The lowest BCUT2D eigenvalue weighted by atomic mass is 10.0. The van der Waals surface area contributed by atoms with Gasteiger partial charge in [0.1, 0.15) is 0 Å². The van der Waals surface area contributed by atoms with E-state index in [1.165, 1.54) is 13.4 Å². The second-order valence-electron chi connectivity index (χ2n) is 2.96. The van der Waals surface area contributed by atoms with Gasteiger partial charge in [0.25, 0.3) is 0 Å². The van der Waals surface area contributed by atoms with Gasteiger partial charge in [-0.25, -0.2) is 4.79 Å². The van der Waals surface area contributed by atoms with Crippen LogP contribution >= 0.6 is 0 Å². The SMILES string of the molecule is C=C[C@@H](C)/C(=C/OCCC)C(=O)OC. The van der Waals surface area contributed by atoms with Gasteiger partial charge in [-0.15, -0.1) is 6.58 Å². The zero-order valence-electron chi connectivity index (χ0n) is 9.08. The predicted octanol–water partition coefficient (Wildman–Crippen LogP) is 2.29. The van der Waals surface area contributed by atoms with Crippen LogP contribution in [0.5, 0.6) is 0 Å². The predicted molar refractivity (Wildman–Crippen MR) is 55.7 cm³/mol. The quantitative estimate of drug-likeness (QED) is 0.216. The number of methoxy groups -OCH3 is 1. The molecule has 1 atom stereocenters. The third-order valence-electron chi connectivity index (χ3n) is 1.80. The molecule has 0 saturated heterocycles. The summed E-state index contributed by atoms with van der Waals surface area (Å²) in [6.07, 6.45) is 4.05. The van der Waals surface area contributed by atoms with Gasteiger partial charge >= 0.3 is 5.97 Å². The molecule has 3 heteroatoms. The average Bonchev–Trinajstić information content (AvgIpc) is 2.22. The Morgan fingerprint density at radius 3 is 2.64 bits per heavy atom. The van der Waals surface area contributed by atoms with Crippen LogP contribution in [-0.4, -0.2) is 19.7 Å². The first-order valence-corrected chi connectivity index (χ1v) is 4.69. The van der Waals surface area contributed by atoms with Crippen LogP contribution in [0.1, 0.15) is 20.3 Å². The van der Waals surface area contributed by atoms with E-state index in [-0.39, 0.29) is 11.9 Å². The molecule has 0 aromatic heterocycles. The van der Waals surface area contributed by atoms with Gasteiger partial charge in [-0.1, -0.05) is 19.9 Å². The van der Waals surface area contributed by atoms with Gasteiger partial charge in [0.15, 0.2) is 0 Å². The van der Waals surface area contributed by atoms with Crippen molar-refractivity contribution in [2.45, 2.75) is 20.3 Å². The normalized spacial score (nSPS) is 13.2. The highest BCUT2D eigenvalue weighted by Crippen LogP contribution is 2.13. The Kier molecular flexibility index (Phi) is 6.54. The third-order valence-corrected chi connectivity index (χ3v) is 1.80. The van der Waals surface area contributed by atoms with Crippen LogP contribution in [0.25, 0.3) is 0 Å². The smallest absolute Gasteiger partial charge is 0.337 e. The molecular formula is C11H18O3. The zero-order valence-corrected chi connectivity index (χ0v) is 9.08. The van der Waals surface area contributed by atoms with Gasteiger partial charge in [-0.05, 0) is 6.42 Å². The molecule has 0 heterocycles. The minimum atomic E-state index is -0.367. The number of allylic oxidation sites excluding steroid dienone is 1. The number of rotatable bonds is 6. The lowest BCUT2D eigenvalue weighted by molar-refractivity contribution is -0.136. The minimum Gasteiger partial charge on any atom is -0.501 e. The van der Waals surface area contributed by atoms with Gasteiger partial charge in [0.05, 0.1) is 25.6 Å². The second kappa shape index (κ2) is 7.18. The lowest BCUT2D eigenvalue weighted by Crippen LogP contribution is -2.11. The molecular weight excluding hydrogens is 180 g/mol. The number of esters is 1. The molecule has 0 rings (SSSR count). The average molecular weight is 198 g/mol. The molecule has 0 N–H and O–H groups in total. The maximum absolute atomic E-state index is 11.3. The summed E-state index contributed by atoms with van der Waals surface area (Å²) in [7, 11) is 1.35. The Balaban J connectivity index is 4.45. The van der Waals surface area contributed by atoms with E-state index < -0.39 is 0 Å². The molecule has 14 heavy (non-hydrogen) atoms. The van der Waals surface area contributed by atoms with E-state index in [1.807, 2.05) is 13.8 Å². The van der Waals surface area contributed by atoms with Crippen molar-refractivity contribution in [3.05, 3.63) is 24.5 Å². The zero-order chi connectivity index (χ0) is 11.0. The molecule has 0 bridgehead atoms. The van der Waals surface area contributed by atoms with E-state index in [2.05, 4.69) is 11.3 Å². The topological polar surface area (TPSA) is 35.5 Å². The maximum atomic E-state index is 11.3. The molecule has 0 fully saturated rings. The van der Waals surface area contributed by atoms with Crippen molar-refractivity contribution in [2.75, 3.05) is 13.7 Å². The monoisotopic (exact) mass is 198 g/mol. The Morgan fingerprint density at radius 1 is 1.57 bits per heavy atom. The summed E-state index contributed by atoms with van der Waals surface area (Å²) < 4.78 is 9.81. The van der Waals surface area contributed by atoms with Crippen LogP contribution in [0.15, 0.2) is 24.5 Å². The summed E-state index contributed by atoms with van der Waals surface area (Å²) >= 11 is 0. The number of carbonyl (C=O) groups excluding carboxylic acids is 1. The van der Waals surface area contributed by atoms with Crippen molar-refractivity contribution < 1.29 is 14.3 Å². The summed E-state index contributed by atoms with van der Waals surface area (Å²) in [6, 6.07) is 0. The molecule has 0 saturated carbocycles. The molecule has 0 unspecified atom stereocenters. The largest absolute Gasteiger partial charge is 0.501 e. The molecule has 80 valence electrons. The molecule has 3 nitrogen and oxygen atoms in total. The lowest BCUT2D eigenvalue weighted by Gasteiger charge is -2.09. The molecule has 0 aliphatic heterocycles. The van der Waals surface area contributed by atoms with Crippen molar-refractivity contribution in [1.29, 1.82) is 0 Å². The van der Waals surface area contributed by atoms with Crippen molar-refractivity contribution >= 4 is 5.97 Å². The van der Waals surface area contributed by atoms with E-state index in [0.717, 1.165) is 6.42 Å². The van der Waals surface area contributed by atoms with Crippen LogP contribution in [0, 0.1) is 5.92 Å². The molecule has 0 aliphatic rings. The van der Waals surface area contributed by atoms with E-state index in [1.54, 1.807) is 6.08 Å². The van der Waals surface area contributed by atoms with Crippen LogP contribution in [0.4, 0.5) is 0 Å². The Labute approximate surface area is 85.4 Å². The maximum Gasteiger partial charge on any atom is 0.337 e. The van der Waals surface area contributed by atoms with E-state index in [0.29, 0.717) is 12.2 Å². The first kappa shape index (κ1) is 12.8. The van der Waals surface area contributed by atoms with Crippen LogP contribution in [0.2, 0.25) is 0 Å². The van der Waals surface area contributed by atoms with Gasteiger partial charge in [0, 0.05) is 5.92 Å². The Morgan fingerprint density at radius 2 is 2.21 bits per heavy atom. The molecule has 0 spiro atoms. The Hall–Kier alpha value is -1.25. The summed E-state index contributed by atoms with van der Waals surface area (Å²) in [5.74, 6) is -0.423. The first-order valence-electron chi connectivity index (χ1n) is 4.69. The van der Waals surface area contributed by atoms with Crippen LogP contribution in [0.3, 0.4) is 0 Å². The van der Waals surface area contributed by atoms with Crippen molar-refractivity contribution in [1.82, 2.24) is 0 Å².